The van der Waals surface area contributed by atoms with Crippen LogP contribution in [0.2, 0.25) is 0 Å². The molecule has 0 spiro atoms. The maximum atomic E-state index is 9.41. The molecule has 3 heterocycles. The fourth-order valence-electron chi connectivity index (χ4n) is 3.42. The number of rotatable bonds is 3. The smallest absolute Gasteiger partial charge is 0.0694 e. The van der Waals surface area contributed by atoms with Gasteiger partial charge >= 0.3 is 0 Å². The van der Waals surface area contributed by atoms with Crippen molar-refractivity contribution in [1.82, 2.24) is 9.80 Å². The van der Waals surface area contributed by atoms with Gasteiger partial charge in [-0.1, -0.05) is 30.0 Å². The van der Waals surface area contributed by atoms with Crippen LogP contribution in [-0.2, 0) is 16.0 Å². The van der Waals surface area contributed by atoms with Crippen LogP contribution < -0.4 is 10.2 Å². The number of nitrogens with zero attached hydrogens (tertiary/aromatic N) is 2. The summed E-state index contributed by atoms with van der Waals surface area (Å²) < 4.78 is 1.49. The number of carboxylic acid groups (broad SMARTS) is 2. The molecule has 0 bridgehead atoms. The molecule has 0 saturated carbocycles. The Labute approximate surface area is 178 Å². The third kappa shape index (κ3) is 5.93. The van der Waals surface area contributed by atoms with Crippen LogP contribution >= 0.6 is 23.1 Å². The molecular weight excluding hydrogens is 408 g/mol. The van der Waals surface area contributed by atoms with Crippen molar-refractivity contribution in [2.75, 3.05) is 33.2 Å². The summed E-state index contributed by atoms with van der Waals surface area (Å²) in [4.78, 5) is 25.4. The molecule has 4 rings (SSSR count). The molecule has 29 heavy (non-hydrogen) atoms. The third-order valence-corrected chi connectivity index (χ3v) is 7.24. The maximum absolute atomic E-state index is 9.41. The highest BCUT2D eigenvalue weighted by Gasteiger charge is 2.29. The molecular formula is C21H22N2O4S2-2. The molecule has 2 aliphatic rings. The quantitative estimate of drug-likeness (QED) is 0.665. The van der Waals surface area contributed by atoms with Gasteiger partial charge in [-0.15, -0.1) is 11.3 Å². The lowest BCUT2D eigenvalue weighted by atomic mass is 9.99. The first kappa shape index (κ1) is 21.6. The molecule has 2 aromatic rings. The van der Waals surface area contributed by atoms with Crippen molar-refractivity contribution in [3.8, 4) is 0 Å². The normalized spacial score (nSPS) is 19.6. The number of aliphatic carboxylic acids is 2. The fraction of sp³-hybridized carbons (Fsp3) is 0.333. The minimum absolute atomic E-state index is 0.384. The van der Waals surface area contributed by atoms with Crippen LogP contribution in [0.15, 0.2) is 57.0 Å². The molecule has 2 aliphatic heterocycles. The molecule has 0 radical (unpaired) electrons. The minimum Gasteiger partial charge on any atom is -0.545 e. The largest absolute Gasteiger partial charge is 0.545 e. The molecule has 6 nitrogen and oxygen atoms in total. The summed E-state index contributed by atoms with van der Waals surface area (Å²) in [7, 11) is 2.23. The zero-order chi connectivity index (χ0) is 20.8. The second-order valence-electron chi connectivity index (χ2n) is 6.90. The van der Waals surface area contributed by atoms with Gasteiger partial charge in [0.2, 0.25) is 0 Å². The van der Waals surface area contributed by atoms with E-state index in [2.05, 4.69) is 52.6 Å². The van der Waals surface area contributed by atoms with E-state index in [9.17, 15) is 19.8 Å². The van der Waals surface area contributed by atoms with Crippen molar-refractivity contribution >= 4 is 35.0 Å². The van der Waals surface area contributed by atoms with Crippen LogP contribution in [0.1, 0.15) is 17.2 Å². The summed E-state index contributed by atoms with van der Waals surface area (Å²) in [5.41, 5.74) is 3.06. The molecule has 0 aliphatic carbocycles. The monoisotopic (exact) mass is 430 g/mol. The predicted octanol–water partition coefficient (Wildman–Crippen LogP) is 0.786. The number of hydrogen-bond acceptors (Lipinski definition) is 8. The van der Waals surface area contributed by atoms with E-state index in [-0.39, 0.29) is 0 Å². The highest BCUT2D eigenvalue weighted by molar-refractivity contribution is 8.01. The summed E-state index contributed by atoms with van der Waals surface area (Å²) in [5, 5.41) is 21.1. The standard InChI is InChI=1S/C17H20N2S2.C4H4O4/c1-18-7-9-19(10-8-18)15-12-13-4-2-3-5-16(13)21-17-14(15)6-11-20-17;5-3(6)1-2-4(7)8/h2-6,11,15H,7-10,12H2,1H3;1-2H,(H,5,6)(H,7,8)/p-2/b;2-1-. The Morgan fingerprint density at radius 2 is 1.69 bits per heavy atom. The molecule has 0 amide bonds. The number of piperazine rings is 1. The molecule has 0 N–H and O–H groups in total. The van der Waals surface area contributed by atoms with E-state index >= 15 is 0 Å². The van der Waals surface area contributed by atoms with Crippen LogP contribution in [0.3, 0.4) is 0 Å². The average molecular weight is 431 g/mol. The molecule has 1 unspecified atom stereocenters. The lowest BCUT2D eigenvalue weighted by Crippen LogP contribution is -2.46. The summed E-state index contributed by atoms with van der Waals surface area (Å²) in [6.07, 6.45) is 1.92. The first-order chi connectivity index (χ1) is 13.9. The van der Waals surface area contributed by atoms with Gasteiger partial charge in [-0.25, -0.2) is 0 Å². The summed E-state index contributed by atoms with van der Waals surface area (Å²) in [6.45, 7) is 4.74. The Hall–Kier alpha value is -2.13. The Morgan fingerprint density at radius 3 is 2.34 bits per heavy atom. The van der Waals surface area contributed by atoms with Crippen LogP contribution in [0.5, 0.6) is 0 Å². The van der Waals surface area contributed by atoms with E-state index in [1.165, 1.54) is 40.8 Å². The SMILES string of the molecule is CN1CCN(C2Cc3ccccc3Sc3sccc32)CC1.O=C([O-])/C=C\C(=O)[O-]. The van der Waals surface area contributed by atoms with E-state index in [1.54, 1.807) is 5.56 Å². The van der Waals surface area contributed by atoms with Gasteiger partial charge in [0.05, 0.1) is 16.1 Å². The van der Waals surface area contributed by atoms with Gasteiger partial charge in [-0.05, 0) is 54.3 Å². The second-order valence-corrected chi connectivity index (χ2v) is 9.13. The Balaban J connectivity index is 0.000000258. The number of carboxylic acids is 2. The van der Waals surface area contributed by atoms with Crippen LogP contribution in [-0.4, -0.2) is 55.0 Å². The number of likely N-dealkylation sites (N-methyl/N-ethyl adjacent to an activating group) is 1. The maximum Gasteiger partial charge on any atom is 0.0694 e. The van der Waals surface area contributed by atoms with Crippen molar-refractivity contribution < 1.29 is 19.8 Å². The van der Waals surface area contributed by atoms with Crippen molar-refractivity contribution in [2.45, 2.75) is 21.6 Å². The van der Waals surface area contributed by atoms with Crippen molar-refractivity contribution in [1.29, 1.82) is 0 Å². The highest BCUT2D eigenvalue weighted by Crippen LogP contribution is 2.45. The van der Waals surface area contributed by atoms with Crippen LogP contribution in [0.4, 0.5) is 0 Å². The van der Waals surface area contributed by atoms with Crippen molar-refractivity contribution in [2.24, 2.45) is 0 Å². The third-order valence-electron chi connectivity index (χ3n) is 4.94. The Kier molecular flexibility index (Phi) is 7.49. The molecule has 1 fully saturated rings. The number of carbonyl (C=O) groups excluding carboxylic acids is 2. The van der Waals surface area contributed by atoms with E-state index in [1.807, 2.05) is 23.1 Å². The Bertz CT molecular complexity index is 872. The lowest BCUT2D eigenvalue weighted by molar-refractivity contribution is -0.301. The van der Waals surface area contributed by atoms with Gasteiger partial charge in [0.15, 0.2) is 0 Å². The molecule has 1 aromatic carbocycles. The zero-order valence-electron chi connectivity index (χ0n) is 16.1. The molecule has 154 valence electrons. The first-order valence-corrected chi connectivity index (χ1v) is 11.0. The average Bonchev–Trinajstić information content (AvgIpc) is 3.09. The first-order valence-electron chi connectivity index (χ1n) is 9.30. The molecule has 1 aromatic heterocycles. The van der Waals surface area contributed by atoms with E-state index in [4.69, 9.17) is 0 Å². The number of hydrogen-bond donors (Lipinski definition) is 0. The number of thiophene rings is 1. The highest BCUT2D eigenvalue weighted by atomic mass is 32.2. The predicted molar refractivity (Wildman–Crippen MR) is 110 cm³/mol. The topological polar surface area (TPSA) is 86.7 Å². The number of benzene rings is 1. The number of carbonyl (C=O) groups is 2. The van der Waals surface area contributed by atoms with Crippen LogP contribution in [0, 0.1) is 0 Å². The van der Waals surface area contributed by atoms with Gasteiger partial charge in [0.1, 0.15) is 0 Å². The fourth-order valence-corrected chi connectivity index (χ4v) is 5.68. The molecule has 8 heteroatoms. The van der Waals surface area contributed by atoms with E-state index in [0.29, 0.717) is 18.2 Å². The van der Waals surface area contributed by atoms with E-state index < -0.39 is 11.9 Å². The minimum atomic E-state index is -1.55. The van der Waals surface area contributed by atoms with Crippen molar-refractivity contribution in [3.63, 3.8) is 0 Å². The van der Waals surface area contributed by atoms with Crippen molar-refractivity contribution in [3.05, 3.63) is 59.0 Å². The summed E-state index contributed by atoms with van der Waals surface area (Å²) in [5.74, 6) is -3.09. The molecule has 1 atom stereocenters. The van der Waals surface area contributed by atoms with Gasteiger partial charge in [-0.2, -0.15) is 0 Å². The second kappa shape index (κ2) is 10.1. The van der Waals surface area contributed by atoms with Gasteiger partial charge in [0, 0.05) is 37.1 Å². The van der Waals surface area contributed by atoms with Gasteiger partial charge in [-0.3, -0.25) is 4.90 Å². The number of fused-ring (bicyclic) bond motifs is 2. The zero-order valence-corrected chi connectivity index (χ0v) is 17.7. The summed E-state index contributed by atoms with van der Waals surface area (Å²) in [6, 6.07) is 11.8. The lowest BCUT2D eigenvalue weighted by Gasteiger charge is -2.38. The van der Waals surface area contributed by atoms with Gasteiger partial charge in [0.25, 0.3) is 0 Å². The molecule has 1 saturated heterocycles. The van der Waals surface area contributed by atoms with Gasteiger partial charge < -0.3 is 24.7 Å². The van der Waals surface area contributed by atoms with Crippen LogP contribution in [0.25, 0.3) is 0 Å². The van der Waals surface area contributed by atoms with E-state index in [0.717, 1.165) is 6.42 Å². The Morgan fingerprint density at radius 1 is 1.03 bits per heavy atom. The summed E-state index contributed by atoms with van der Waals surface area (Å²) >= 11 is 3.86.